The number of aliphatic hydroxyl groups is 1. The monoisotopic (exact) mass is 259 g/mol. The van der Waals surface area contributed by atoms with Crippen molar-refractivity contribution in [3.05, 3.63) is 24.0 Å². The minimum Gasteiger partial charge on any atom is -0.399 e. The summed E-state index contributed by atoms with van der Waals surface area (Å²) in [7, 11) is 0. The molecule has 3 N–H and O–H groups in total. The molecule has 4 heteroatoms. The standard InChI is InChI=1S/C15H21N3O/c1-2-15-17-13-8-11(16)4-6-14(13)18(15)9-10-3-5-12(19)7-10/h4,6,8,10,12,19H,2-3,5,7,9,16H2,1H3. The number of fused-ring (bicyclic) bond motifs is 1. The minimum absolute atomic E-state index is 0.111. The number of hydrogen-bond acceptors (Lipinski definition) is 3. The quantitative estimate of drug-likeness (QED) is 0.832. The van der Waals surface area contributed by atoms with E-state index >= 15 is 0 Å². The highest BCUT2D eigenvalue weighted by Gasteiger charge is 2.24. The third-order valence-corrected chi connectivity index (χ3v) is 4.12. The zero-order chi connectivity index (χ0) is 13.4. The van der Waals surface area contributed by atoms with Crippen LogP contribution in [0.3, 0.4) is 0 Å². The highest BCUT2D eigenvalue weighted by atomic mass is 16.3. The van der Waals surface area contributed by atoms with E-state index in [4.69, 9.17) is 5.73 Å². The summed E-state index contributed by atoms with van der Waals surface area (Å²) in [6.07, 6.45) is 3.77. The van der Waals surface area contributed by atoms with E-state index in [0.29, 0.717) is 5.92 Å². The lowest BCUT2D eigenvalue weighted by molar-refractivity contribution is 0.176. The second-order valence-corrected chi connectivity index (χ2v) is 5.57. The lowest BCUT2D eigenvalue weighted by Crippen LogP contribution is -2.11. The van der Waals surface area contributed by atoms with Crippen molar-refractivity contribution >= 4 is 16.7 Å². The average molecular weight is 259 g/mol. The Morgan fingerprint density at radius 2 is 2.26 bits per heavy atom. The van der Waals surface area contributed by atoms with Crippen LogP contribution < -0.4 is 5.73 Å². The van der Waals surface area contributed by atoms with Crippen LogP contribution >= 0.6 is 0 Å². The second-order valence-electron chi connectivity index (χ2n) is 5.57. The van der Waals surface area contributed by atoms with E-state index in [1.54, 1.807) is 0 Å². The van der Waals surface area contributed by atoms with E-state index in [1.165, 1.54) is 0 Å². The molecule has 1 fully saturated rings. The van der Waals surface area contributed by atoms with Gasteiger partial charge in [0.2, 0.25) is 0 Å². The summed E-state index contributed by atoms with van der Waals surface area (Å²) in [6.45, 7) is 3.09. The van der Waals surface area contributed by atoms with Crippen LogP contribution in [0, 0.1) is 5.92 Å². The number of nitrogens with zero attached hydrogens (tertiary/aromatic N) is 2. The molecule has 102 valence electrons. The van der Waals surface area contributed by atoms with Gasteiger partial charge in [-0.05, 0) is 43.4 Å². The highest BCUT2D eigenvalue weighted by molar-refractivity contribution is 5.79. The largest absolute Gasteiger partial charge is 0.399 e. The number of aliphatic hydroxyl groups excluding tert-OH is 1. The molecule has 0 bridgehead atoms. The number of aryl methyl sites for hydroxylation is 1. The number of hydrogen-bond donors (Lipinski definition) is 2. The number of anilines is 1. The summed E-state index contributed by atoms with van der Waals surface area (Å²) in [4.78, 5) is 4.67. The summed E-state index contributed by atoms with van der Waals surface area (Å²) in [5.41, 5.74) is 8.73. The van der Waals surface area contributed by atoms with Crippen molar-refractivity contribution < 1.29 is 5.11 Å². The van der Waals surface area contributed by atoms with Gasteiger partial charge in [0.05, 0.1) is 17.1 Å². The van der Waals surface area contributed by atoms with Crippen molar-refractivity contribution in [2.24, 2.45) is 5.92 Å². The second kappa shape index (κ2) is 4.85. The highest BCUT2D eigenvalue weighted by Crippen LogP contribution is 2.29. The van der Waals surface area contributed by atoms with Gasteiger partial charge in [-0.3, -0.25) is 0 Å². The van der Waals surface area contributed by atoms with E-state index in [-0.39, 0.29) is 6.10 Å². The Labute approximate surface area is 113 Å². The number of nitrogen functional groups attached to an aromatic ring is 1. The summed E-state index contributed by atoms with van der Waals surface area (Å²) < 4.78 is 2.30. The summed E-state index contributed by atoms with van der Waals surface area (Å²) in [5.74, 6) is 1.68. The lowest BCUT2D eigenvalue weighted by atomic mass is 10.1. The molecule has 2 atom stereocenters. The predicted molar refractivity (Wildman–Crippen MR) is 76.9 cm³/mol. The van der Waals surface area contributed by atoms with E-state index in [2.05, 4.69) is 22.5 Å². The molecule has 0 spiro atoms. The number of aromatic nitrogens is 2. The van der Waals surface area contributed by atoms with Crippen molar-refractivity contribution in [3.63, 3.8) is 0 Å². The Kier molecular flexibility index (Phi) is 3.19. The zero-order valence-corrected chi connectivity index (χ0v) is 11.3. The average Bonchev–Trinajstić information content (AvgIpc) is 2.94. The van der Waals surface area contributed by atoms with E-state index in [0.717, 1.165) is 54.8 Å². The first-order chi connectivity index (χ1) is 9.17. The van der Waals surface area contributed by atoms with Crippen LogP contribution in [0.2, 0.25) is 0 Å². The molecular weight excluding hydrogens is 238 g/mol. The van der Waals surface area contributed by atoms with Crippen molar-refractivity contribution in [2.45, 2.75) is 45.3 Å². The van der Waals surface area contributed by atoms with Crippen LogP contribution in [-0.4, -0.2) is 20.8 Å². The third kappa shape index (κ3) is 2.32. The van der Waals surface area contributed by atoms with Crippen molar-refractivity contribution in [2.75, 3.05) is 5.73 Å². The van der Waals surface area contributed by atoms with Gasteiger partial charge in [0.1, 0.15) is 5.82 Å². The van der Waals surface area contributed by atoms with Gasteiger partial charge in [-0.2, -0.15) is 0 Å². The topological polar surface area (TPSA) is 64.1 Å². The van der Waals surface area contributed by atoms with E-state index in [9.17, 15) is 5.11 Å². The lowest BCUT2D eigenvalue weighted by Gasteiger charge is -2.13. The molecule has 4 nitrogen and oxygen atoms in total. The molecule has 0 saturated heterocycles. The normalized spacial score (nSPS) is 23.3. The molecule has 1 aliphatic carbocycles. The Hall–Kier alpha value is -1.55. The number of nitrogens with two attached hydrogens (primary N) is 1. The summed E-state index contributed by atoms with van der Waals surface area (Å²) in [6, 6.07) is 5.93. The van der Waals surface area contributed by atoms with Crippen LogP contribution in [0.1, 0.15) is 32.0 Å². The maximum atomic E-state index is 9.66. The molecule has 3 rings (SSSR count). The van der Waals surface area contributed by atoms with Crippen molar-refractivity contribution in [1.82, 2.24) is 9.55 Å². The molecule has 19 heavy (non-hydrogen) atoms. The van der Waals surface area contributed by atoms with Crippen molar-refractivity contribution in [1.29, 1.82) is 0 Å². The molecular formula is C15H21N3O. The number of imidazole rings is 1. The fourth-order valence-corrected chi connectivity index (χ4v) is 3.14. The fourth-order valence-electron chi connectivity index (χ4n) is 3.14. The van der Waals surface area contributed by atoms with Gasteiger partial charge in [0.25, 0.3) is 0 Å². The van der Waals surface area contributed by atoms with Gasteiger partial charge in [-0.25, -0.2) is 4.98 Å². The van der Waals surface area contributed by atoms with Gasteiger partial charge in [0.15, 0.2) is 0 Å². The third-order valence-electron chi connectivity index (χ3n) is 4.12. The van der Waals surface area contributed by atoms with Crippen LogP contribution in [0.5, 0.6) is 0 Å². The molecule has 1 aromatic carbocycles. The first-order valence-electron chi connectivity index (χ1n) is 7.10. The van der Waals surface area contributed by atoms with Gasteiger partial charge in [-0.1, -0.05) is 6.92 Å². The minimum atomic E-state index is -0.111. The molecule has 0 radical (unpaired) electrons. The van der Waals surface area contributed by atoms with E-state index < -0.39 is 0 Å². The SMILES string of the molecule is CCc1nc2cc(N)ccc2n1CC1CCC(O)C1. The molecule has 1 saturated carbocycles. The summed E-state index contributed by atoms with van der Waals surface area (Å²) in [5, 5.41) is 9.66. The zero-order valence-electron chi connectivity index (χ0n) is 11.3. The molecule has 1 aromatic heterocycles. The van der Waals surface area contributed by atoms with Crippen LogP contribution in [0.15, 0.2) is 18.2 Å². The van der Waals surface area contributed by atoms with Crippen LogP contribution in [0.4, 0.5) is 5.69 Å². The Morgan fingerprint density at radius 1 is 1.42 bits per heavy atom. The van der Waals surface area contributed by atoms with E-state index in [1.807, 2.05) is 12.1 Å². The number of rotatable bonds is 3. The Morgan fingerprint density at radius 3 is 2.95 bits per heavy atom. The first-order valence-corrected chi connectivity index (χ1v) is 7.10. The predicted octanol–water partition coefficient (Wildman–Crippen LogP) is 2.34. The molecule has 1 aliphatic rings. The molecule has 0 amide bonds. The smallest absolute Gasteiger partial charge is 0.109 e. The van der Waals surface area contributed by atoms with Gasteiger partial charge in [0, 0.05) is 18.7 Å². The molecule has 0 aliphatic heterocycles. The molecule has 1 heterocycles. The Balaban J connectivity index is 1.96. The first kappa shape index (κ1) is 12.5. The van der Waals surface area contributed by atoms with Gasteiger partial charge >= 0.3 is 0 Å². The van der Waals surface area contributed by atoms with Crippen molar-refractivity contribution in [3.8, 4) is 0 Å². The van der Waals surface area contributed by atoms with Gasteiger partial charge < -0.3 is 15.4 Å². The van der Waals surface area contributed by atoms with Crippen LogP contribution in [0.25, 0.3) is 11.0 Å². The maximum Gasteiger partial charge on any atom is 0.109 e. The Bertz CT molecular complexity index is 590. The molecule has 2 unspecified atom stereocenters. The van der Waals surface area contributed by atoms with Crippen LogP contribution in [-0.2, 0) is 13.0 Å². The van der Waals surface area contributed by atoms with Gasteiger partial charge in [-0.15, -0.1) is 0 Å². The fraction of sp³-hybridized carbons (Fsp3) is 0.533. The number of benzene rings is 1. The summed E-state index contributed by atoms with van der Waals surface area (Å²) >= 11 is 0. The molecule has 2 aromatic rings. The maximum absolute atomic E-state index is 9.66.